The molecule has 0 saturated carbocycles. The van der Waals surface area contributed by atoms with Crippen molar-refractivity contribution in [1.29, 1.82) is 0 Å². The molecule has 2 aliphatic rings. The Bertz CT molecular complexity index is 711. The molecular weight excluding hydrogens is 318 g/mol. The number of fused-ring (bicyclic) bond motifs is 1. The van der Waals surface area contributed by atoms with Crippen LogP contribution in [0.1, 0.15) is 29.9 Å². The number of hydrogen-bond acceptors (Lipinski definition) is 3. The smallest absolute Gasteiger partial charge is 0.236 e. The summed E-state index contributed by atoms with van der Waals surface area (Å²) in [6.07, 6.45) is 2.86. The third-order valence-corrected chi connectivity index (χ3v) is 6.40. The number of benzene rings is 2. The number of thioether (sulfide) groups is 1. The van der Waals surface area contributed by atoms with Gasteiger partial charge in [-0.1, -0.05) is 30.3 Å². The van der Waals surface area contributed by atoms with Crippen LogP contribution < -0.4 is 0 Å². The molecule has 1 fully saturated rings. The molecule has 124 valence electrons. The summed E-state index contributed by atoms with van der Waals surface area (Å²) in [5.41, 5.74) is 2.57. The highest BCUT2D eigenvalue weighted by Crippen LogP contribution is 2.38. The highest BCUT2D eigenvalue weighted by Gasteiger charge is 2.33. The van der Waals surface area contributed by atoms with Gasteiger partial charge in [0.15, 0.2) is 0 Å². The van der Waals surface area contributed by atoms with Crippen LogP contribution in [0.25, 0.3) is 0 Å². The van der Waals surface area contributed by atoms with E-state index in [2.05, 4.69) is 18.2 Å². The molecule has 2 aliphatic heterocycles. The fourth-order valence-electron chi connectivity index (χ4n) is 3.70. The van der Waals surface area contributed by atoms with Crippen LogP contribution in [0.15, 0.2) is 53.4 Å². The summed E-state index contributed by atoms with van der Waals surface area (Å²) in [4.78, 5) is 16.1. The lowest BCUT2D eigenvalue weighted by Crippen LogP contribution is -2.42. The van der Waals surface area contributed by atoms with E-state index in [1.54, 1.807) is 23.9 Å². The van der Waals surface area contributed by atoms with Crippen molar-refractivity contribution >= 4 is 17.7 Å². The minimum absolute atomic E-state index is 0.0487. The number of carbonyl (C=O) groups excluding carboxylic acids is 1. The Hall–Kier alpha value is -1.94. The first kappa shape index (κ1) is 15.6. The first-order valence-corrected chi connectivity index (χ1v) is 9.41. The van der Waals surface area contributed by atoms with Gasteiger partial charge in [-0.25, -0.2) is 0 Å². The van der Waals surface area contributed by atoms with Gasteiger partial charge in [0.05, 0.1) is 5.25 Å². The summed E-state index contributed by atoms with van der Waals surface area (Å²) in [6, 6.07) is 15.8. The topological polar surface area (TPSA) is 40.5 Å². The van der Waals surface area contributed by atoms with Gasteiger partial charge >= 0.3 is 0 Å². The number of carbonyl (C=O) groups is 1. The third-order valence-electron chi connectivity index (χ3n) is 5.09. The van der Waals surface area contributed by atoms with Gasteiger partial charge in [-0.15, -0.1) is 11.8 Å². The van der Waals surface area contributed by atoms with Crippen molar-refractivity contribution in [3.8, 4) is 5.75 Å². The van der Waals surface area contributed by atoms with E-state index in [1.165, 1.54) is 16.0 Å². The van der Waals surface area contributed by atoms with E-state index >= 15 is 0 Å². The van der Waals surface area contributed by atoms with E-state index in [-0.39, 0.29) is 5.25 Å². The van der Waals surface area contributed by atoms with E-state index in [1.807, 2.05) is 23.1 Å². The maximum absolute atomic E-state index is 12.8. The monoisotopic (exact) mass is 339 g/mol. The van der Waals surface area contributed by atoms with Crippen LogP contribution in [0.5, 0.6) is 5.75 Å². The largest absolute Gasteiger partial charge is 0.508 e. The Balaban J connectivity index is 1.36. The van der Waals surface area contributed by atoms with Crippen LogP contribution in [0, 0.1) is 0 Å². The Morgan fingerprint density at radius 2 is 1.75 bits per heavy atom. The van der Waals surface area contributed by atoms with E-state index in [0.717, 1.165) is 32.4 Å². The maximum atomic E-state index is 12.8. The molecule has 0 spiro atoms. The Morgan fingerprint density at radius 1 is 1.04 bits per heavy atom. The average Bonchev–Trinajstić information content (AvgIpc) is 3.06. The molecule has 2 aromatic carbocycles. The highest BCUT2D eigenvalue weighted by molar-refractivity contribution is 8.01. The molecule has 3 nitrogen and oxygen atoms in total. The molecule has 4 rings (SSSR count). The normalized spacial score (nSPS) is 20.8. The first-order valence-electron chi connectivity index (χ1n) is 8.53. The second-order valence-corrected chi connectivity index (χ2v) is 7.85. The second kappa shape index (κ2) is 6.52. The molecule has 1 N–H and O–H groups in total. The van der Waals surface area contributed by atoms with Crippen LogP contribution >= 0.6 is 11.8 Å². The van der Waals surface area contributed by atoms with Crippen LogP contribution in [-0.2, 0) is 11.2 Å². The van der Waals surface area contributed by atoms with E-state index in [0.29, 0.717) is 17.6 Å². The lowest BCUT2D eigenvalue weighted by atomic mass is 9.89. The van der Waals surface area contributed by atoms with Gasteiger partial charge in [-0.3, -0.25) is 4.79 Å². The number of amides is 1. The second-order valence-electron chi connectivity index (χ2n) is 6.61. The van der Waals surface area contributed by atoms with Crippen LogP contribution in [0.3, 0.4) is 0 Å². The molecule has 0 aromatic heterocycles. The van der Waals surface area contributed by atoms with Gasteiger partial charge in [0.25, 0.3) is 0 Å². The van der Waals surface area contributed by atoms with Crippen LogP contribution in [-0.4, -0.2) is 34.3 Å². The lowest BCUT2D eigenvalue weighted by molar-refractivity contribution is -0.131. The Kier molecular flexibility index (Phi) is 4.23. The molecule has 2 heterocycles. The molecular formula is C20H21NO2S. The molecule has 1 unspecified atom stereocenters. The minimum Gasteiger partial charge on any atom is -0.508 e. The minimum atomic E-state index is 0.0487. The van der Waals surface area contributed by atoms with Crippen molar-refractivity contribution in [3.05, 3.63) is 59.7 Å². The van der Waals surface area contributed by atoms with Crippen molar-refractivity contribution in [1.82, 2.24) is 4.90 Å². The average molecular weight is 339 g/mol. The highest BCUT2D eigenvalue weighted by atomic mass is 32.2. The maximum Gasteiger partial charge on any atom is 0.236 e. The summed E-state index contributed by atoms with van der Waals surface area (Å²) in [5.74, 6) is 1.09. The predicted octanol–water partition coefficient (Wildman–Crippen LogP) is 3.82. The van der Waals surface area contributed by atoms with E-state index < -0.39 is 0 Å². The van der Waals surface area contributed by atoms with E-state index in [9.17, 15) is 9.90 Å². The summed E-state index contributed by atoms with van der Waals surface area (Å²) < 4.78 is 0. The van der Waals surface area contributed by atoms with E-state index in [4.69, 9.17) is 0 Å². The number of aromatic hydroxyl groups is 1. The zero-order chi connectivity index (χ0) is 16.5. The summed E-state index contributed by atoms with van der Waals surface area (Å²) in [7, 11) is 0. The van der Waals surface area contributed by atoms with Crippen molar-refractivity contribution in [2.45, 2.75) is 35.3 Å². The number of nitrogens with zero attached hydrogens (tertiary/aromatic N) is 1. The van der Waals surface area contributed by atoms with Gasteiger partial charge in [0.1, 0.15) is 5.75 Å². The van der Waals surface area contributed by atoms with Gasteiger partial charge in [-0.05, 0) is 54.5 Å². The Labute approximate surface area is 146 Å². The number of likely N-dealkylation sites (tertiary alicyclic amines) is 1. The zero-order valence-electron chi connectivity index (χ0n) is 13.5. The number of phenolic OH excluding ortho intramolecular Hbond substituents is 1. The number of phenols is 1. The molecule has 0 aliphatic carbocycles. The molecule has 4 heteroatoms. The predicted molar refractivity (Wildman–Crippen MR) is 96.5 cm³/mol. The number of rotatable bonds is 2. The van der Waals surface area contributed by atoms with Gasteiger partial charge < -0.3 is 10.0 Å². The summed E-state index contributed by atoms with van der Waals surface area (Å²) in [6.45, 7) is 1.66. The van der Waals surface area contributed by atoms with Gasteiger partial charge in [-0.2, -0.15) is 0 Å². The zero-order valence-corrected chi connectivity index (χ0v) is 14.3. The quantitative estimate of drug-likeness (QED) is 0.904. The third kappa shape index (κ3) is 3.03. The van der Waals surface area contributed by atoms with Crippen molar-refractivity contribution in [3.63, 3.8) is 0 Å². The fourth-order valence-corrected chi connectivity index (χ4v) is 4.98. The molecule has 24 heavy (non-hydrogen) atoms. The molecule has 0 radical (unpaired) electrons. The summed E-state index contributed by atoms with van der Waals surface area (Å²) >= 11 is 1.72. The van der Waals surface area contributed by atoms with Crippen molar-refractivity contribution in [2.24, 2.45) is 0 Å². The lowest BCUT2D eigenvalue weighted by Gasteiger charge is -2.33. The molecule has 2 aromatic rings. The van der Waals surface area contributed by atoms with Crippen molar-refractivity contribution in [2.75, 3.05) is 13.1 Å². The van der Waals surface area contributed by atoms with Crippen LogP contribution in [0.4, 0.5) is 0 Å². The van der Waals surface area contributed by atoms with Gasteiger partial charge in [0.2, 0.25) is 5.91 Å². The number of hydrogen-bond donors (Lipinski definition) is 1. The summed E-state index contributed by atoms with van der Waals surface area (Å²) in [5, 5.41) is 9.46. The van der Waals surface area contributed by atoms with Crippen LogP contribution in [0.2, 0.25) is 0 Å². The molecule has 1 amide bonds. The molecule has 1 atom stereocenters. The van der Waals surface area contributed by atoms with Gasteiger partial charge in [0, 0.05) is 18.0 Å². The molecule has 1 saturated heterocycles. The molecule has 0 bridgehead atoms. The van der Waals surface area contributed by atoms with Crippen molar-refractivity contribution < 1.29 is 9.90 Å². The number of piperidine rings is 1. The Morgan fingerprint density at radius 3 is 2.46 bits per heavy atom. The SMILES string of the molecule is O=C(C1Cc2ccccc2S1)N1CCC(c2ccc(O)cc2)CC1. The first-order chi connectivity index (χ1) is 11.7. The standard InChI is InChI=1S/C20H21NO2S/c22-17-7-5-14(6-8-17)15-9-11-21(12-10-15)20(23)19-13-16-3-1-2-4-18(16)24-19/h1-8,15,19,22H,9-13H2. The fraction of sp³-hybridized carbons (Fsp3) is 0.350.